The molecule has 0 heterocycles. The highest BCUT2D eigenvalue weighted by Crippen LogP contribution is 2.40. The molecule has 0 aliphatic carbocycles. The SMILES string of the molecule is CCc1ccc(Cc2ccc(C)c(CP(=O)(O)O)c2)cc1. The molecule has 0 radical (unpaired) electrons. The molecular formula is C17H21O3P. The van der Waals surface area contributed by atoms with E-state index in [1.165, 1.54) is 11.1 Å². The number of rotatable bonds is 5. The van der Waals surface area contributed by atoms with E-state index in [4.69, 9.17) is 9.79 Å². The summed E-state index contributed by atoms with van der Waals surface area (Å²) in [5, 5.41) is 0. The van der Waals surface area contributed by atoms with Crippen LogP contribution in [0.1, 0.15) is 34.7 Å². The Hall–Kier alpha value is -1.41. The van der Waals surface area contributed by atoms with Crippen molar-refractivity contribution in [2.75, 3.05) is 0 Å². The molecule has 0 atom stereocenters. The highest BCUT2D eigenvalue weighted by Gasteiger charge is 2.15. The molecule has 2 aromatic carbocycles. The van der Waals surface area contributed by atoms with E-state index in [9.17, 15) is 4.57 Å². The molecule has 0 aliphatic heterocycles. The maximum atomic E-state index is 11.2. The zero-order valence-electron chi connectivity index (χ0n) is 12.4. The maximum Gasteiger partial charge on any atom is 0.329 e. The lowest BCUT2D eigenvalue weighted by Gasteiger charge is -2.10. The molecule has 0 amide bonds. The molecular weight excluding hydrogens is 283 g/mol. The van der Waals surface area contributed by atoms with E-state index < -0.39 is 7.60 Å². The summed E-state index contributed by atoms with van der Waals surface area (Å²) in [5.41, 5.74) is 5.24. The van der Waals surface area contributed by atoms with E-state index in [-0.39, 0.29) is 6.16 Å². The fourth-order valence-electron chi connectivity index (χ4n) is 2.36. The van der Waals surface area contributed by atoms with Crippen molar-refractivity contribution in [2.45, 2.75) is 32.9 Å². The predicted molar refractivity (Wildman–Crippen MR) is 85.6 cm³/mol. The zero-order chi connectivity index (χ0) is 15.5. The minimum atomic E-state index is -4.03. The second kappa shape index (κ2) is 6.57. The van der Waals surface area contributed by atoms with Gasteiger partial charge in [-0.2, -0.15) is 0 Å². The molecule has 2 rings (SSSR count). The summed E-state index contributed by atoms with van der Waals surface area (Å²) in [6.07, 6.45) is 1.61. The van der Waals surface area contributed by atoms with Gasteiger partial charge in [-0.3, -0.25) is 4.57 Å². The Morgan fingerprint density at radius 1 is 0.952 bits per heavy atom. The second-order valence-corrected chi connectivity index (χ2v) is 7.08. The average molecular weight is 304 g/mol. The van der Waals surface area contributed by atoms with Crippen LogP contribution in [-0.4, -0.2) is 9.79 Å². The molecule has 0 spiro atoms. The van der Waals surface area contributed by atoms with Crippen LogP contribution in [0, 0.1) is 6.92 Å². The number of hydrogen-bond donors (Lipinski definition) is 2. The van der Waals surface area contributed by atoms with Gasteiger partial charge in [-0.15, -0.1) is 0 Å². The molecule has 0 saturated carbocycles. The van der Waals surface area contributed by atoms with Crippen LogP contribution >= 0.6 is 7.60 Å². The summed E-state index contributed by atoms with van der Waals surface area (Å²) >= 11 is 0. The smallest absolute Gasteiger partial charge is 0.324 e. The van der Waals surface area contributed by atoms with E-state index in [0.717, 1.165) is 29.5 Å². The molecule has 0 bridgehead atoms. The van der Waals surface area contributed by atoms with Crippen molar-refractivity contribution < 1.29 is 14.4 Å². The van der Waals surface area contributed by atoms with Crippen LogP contribution < -0.4 is 0 Å². The maximum absolute atomic E-state index is 11.2. The zero-order valence-corrected chi connectivity index (χ0v) is 13.3. The van der Waals surface area contributed by atoms with E-state index in [1.54, 1.807) is 0 Å². The van der Waals surface area contributed by atoms with E-state index in [0.29, 0.717) is 0 Å². The van der Waals surface area contributed by atoms with Crippen molar-refractivity contribution in [3.63, 3.8) is 0 Å². The van der Waals surface area contributed by atoms with Crippen molar-refractivity contribution >= 4 is 7.60 Å². The lowest BCUT2D eigenvalue weighted by molar-refractivity contribution is 0.371. The summed E-state index contributed by atoms with van der Waals surface area (Å²) in [6.45, 7) is 4.01. The monoisotopic (exact) mass is 304 g/mol. The molecule has 2 aromatic rings. The van der Waals surface area contributed by atoms with Gasteiger partial charge in [0.1, 0.15) is 0 Å². The van der Waals surface area contributed by atoms with Crippen molar-refractivity contribution in [3.8, 4) is 0 Å². The van der Waals surface area contributed by atoms with Gasteiger partial charge in [-0.1, -0.05) is 49.4 Å². The van der Waals surface area contributed by atoms with Crippen LogP contribution in [0.15, 0.2) is 42.5 Å². The predicted octanol–water partition coefficient (Wildman–Crippen LogP) is 3.83. The minimum absolute atomic E-state index is 0.193. The Kier molecular flexibility index (Phi) is 5.00. The normalized spacial score (nSPS) is 11.6. The molecule has 2 N–H and O–H groups in total. The third-order valence-electron chi connectivity index (χ3n) is 3.63. The quantitative estimate of drug-likeness (QED) is 0.825. The Bertz CT molecular complexity index is 656. The highest BCUT2D eigenvalue weighted by molar-refractivity contribution is 7.50. The largest absolute Gasteiger partial charge is 0.329 e. The average Bonchev–Trinajstić information content (AvgIpc) is 2.42. The Morgan fingerprint density at radius 3 is 2.10 bits per heavy atom. The van der Waals surface area contributed by atoms with Crippen molar-refractivity contribution in [2.24, 2.45) is 0 Å². The lowest BCUT2D eigenvalue weighted by Crippen LogP contribution is -1.95. The van der Waals surface area contributed by atoms with E-state index >= 15 is 0 Å². The van der Waals surface area contributed by atoms with E-state index in [2.05, 4.69) is 31.2 Å². The molecule has 3 nitrogen and oxygen atoms in total. The first kappa shape index (κ1) is 16.0. The number of aryl methyl sites for hydroxylation is 2. The molecule has 0 aromatic heterocycles. The first-order valence-corrected chi connectivity index (χ1v) is 8.88. The van der Waals surface area contributed by atoms with Crippen LogP contribution in [0.5, 0.6) is 0 Å². The number of benzene rings is 2. The summed E-state index contributed by atoms with van der Waals surface area (Å²) < 4.78 is 11.2. The van der Waals surface area contributed by atoms with Crippen molar-refractivity contribution in [1.29, 1.82) is 0 Å². The second-order valence-electron chi connectivity index (χ2n) is 5.43. The molecule has 4 heteroatoms. The van der Waals surface area contributed by atoms with Gasteiger partial charge in [0.25, 0.3) is 0 Å². The van der Waals surface area contributed by atoms with Gasteiger partial charge >= 0.3 is 7.60 Å². The number of hydrogen-bond acceptors (Lipinski definition) is 1. The van der Waals surface area contributed by atoms with Crippen LogP contribution in [0.4, 0.5) is 0 Å². The van der Waals surface area contributed by atoms with Gasteiger partial charge in [0.05, 0.1) is 6.16 Å². The Morgan fingerprint density at radius 2 is 1.52 bits per heavy atom. The summed E-state index contributed by atoms with van der Waals surface area (Å²) in [6, 6.07) is 14.3. The van der Waals surface area contributed by atoms with Crippen LogP contribution in [0.2, 0.25) is 0 Å². The topological polar surface area (TPSA) is 57.5 Å². The fourth-order valence-corrected chi connectivity index (χ4v) is 3.14. The molecule has 21 heavy (non-hydrogen) atoms. The third kappa shape index (κ3) is 4.82. The van der Waals surface area contributed by atoms with Crippen molar-refractivity contribution in [1.82, 2.24) is 0 Å². The standard InChI is InChI=1S/C17H21O3P/c1-3-14-6-8-15(9-7-14)10-16-5-4-13(2)17(11-16)12-21(18,19)20/h4-9,11H,3,10,12H2,1-2H3,(H2,18,19,20). The Balaban J connectivity index is 2.20. The van der Waals surface area contributed by atoms with Crippen LogP contribution in [0.25, 0.3) is 0 Å². The first-order valence-electron chi connectivity index (χ1n) is 7.08. The summed E-state index contributed by atoms with van der Waals surface area (Å²) in [7, 11) is -4.03. The fraction of sp³-hybridized carbons (Fsp3) is 0.294. The van der Waals surface area contributed by atoms with Crippen LogP contribution in [0.3, 0.4) is 0 Å². The van der Waals surface area contributed by atoms with Crippen molar-refractivity contribution in [3.05, 3.63) is 70.3 Å². The summed E-state index contributed by atoms with van der Waals surface area (Å²) in [4.78, 5) is 18.3. The van der Waals surface area contributed by atoms with E-state index in [1.807, 2.05) is 25.1 Å². The van der Waals surface area contributed by atoms with Gasteiger partial charge in [-0.25, -0.2) is 0 Å². The Labute approximate surface area is 125 Å². The molecule has 0 unspecified atom stereocenters. The third-order valence-corrected chi connectivity index (χ3v) is 4.38. The molecule has 0 fully saturated rings. The highest BCUT2D eigenvalue weighted by atomic mass is 31.2. The van der Waals surface area contributed by atoms with Gasteiger partial charge in [0.2, 0.25) is 0 Å². The molecule has 0 aliphatic rings. The van der Waals surface area contributed by atoms with Gasteiger partial charge < -0.3 is 9.79 Å². The van der Waals surface area contributed by atoms with Gasteiger partial charge in [-0.05, 0) is 47.6 Å². The molecule has 112 valence electrons. The van der Waals surface area contributed by atoms with Gasteiger partial charge in [0.15, 0.2) is 0 Å². The minimum Gasteiger partial charge on any atom is -0.324 e. The lowest BCUT2D eigenvalue weighted by atomic mass is 9.99. The molecule has 0 saturated heterocycles. The summed E-state index contributed by atoms with van der Waals surface area (Å²) in [5.74, 6) is 0. The first-order chi connectivity index (χ1) is 9.87. The van der Waals surface area contributed by atoms with Crippen LogP contribution in [-0.2, 0) is 23.6 Å². The van der Waals surface area contributed by atoms with Gasteiger partial charge in [0, 0.05) is 0 Å².